The van der Waals surface area contributed by atoms with Gasteiger partial charge in [0.25, 0.3) is 0 Å². The fourth-order valence-corrected chi connectivity index (χ4v) is 1.71. The molecule has 0 saturated carbocycles. The van der Waals surface area contributed by atoms with Gasteiger partial charge in [-0.3, -0.25) is 4.79 Å². The first-order valence-corrected chi connectivity index (χ1v) is 5.25. The van der Waals surface area contributed by atoms with Crippen LogP contribution in [0.1, 0.15) is 34.6 Å². The van der Waals surface area contributed by atoms with E-state index in [9.17, 15) is 4.79 Å². The number of carbonyl (C=O) groups excluding carboxylic acids is 1. The highest BCUT2D eigenvalue weighted by molar-refractivity contribution is 5.92. The second kappa shape index (κ2) is 4.96. The first-order valence-electron chi connectivity index (χ1n) is 5.25. The van der Waals surface area contributed by atoms with Gasteiger partial charge in [-0.1, -0.05) is 32.6 Å². The topological polar surface area (TPSA) is 29.1 Å². The lowest BCUT2D eigenvalue weighted by Gasteiger charge is -2.19. The summed E-state index contributed by atoms with van der Waals surface area (Å²) in [5.74, 6) is 0.0143. The van der Waals surface area contributed by atoms with Gasteiger partial charge in [-0.2, -0.15) is 0 Å². The minimum absolute atomic E-state index is 0.0143. The van der Waals surface area contributed by atoms with Crippen molar-refractivity contribution in [2.75, 3.05) is 0 Å². The molecular weight excluding hydrogens is 186 g/mol. The molecule has 1 rings (SSSR count). The standard InChI is InChI=1S/C11H15NO.C2H6/c1-6-8-9(7(2)3)11(4,5)10(13)12-8;1-2/h6H,1-2H2,3-5H3,(H,12,13);1-2H3. The van der Waals surface area contributed by atoms with Crippen LogP contribution in [0.2, 0.25) is 0 Å². The van der Waals surface area contributed by atoms with Crippen LogP contribution in [-0.4, -0.2) is 5.91 Å². The molecule has 2 heteroatoms. The summed E-state index contributed by atoms with van der Waals surface area (Å²) in [5, 5.41) is 2.79. The number of carbonyl (C=O) groups is 1. The van der Waals surface area contributed by atoms with Crippen molar-refractivity contribution in [3.05, 3.63) is 36.1 Å². The van der Waals surface area contributed by atoms with Crippen molar-refractivity contribution >= 4 is 5.91 Å². The van der Waals surface area contributed by atoms with Crippen molar-refractivity contribution in [1.29, 1.82) is 0 Å². The van der Waals surface area contributed by atoms with Crippen LogP contribution in [0, 0.1) is 5.41 Å². The van der Waals surface area contributed by atoms with E-state index in [4.69, 9.17) is 0 Å². The molecule has 0 atom stereocenters. The molecule has 0 saturated heterocycles. The van der Waals surface area contributed by atoms with Crippen LogP contribution in [0.3, 0.4) is 0 Å². The number of hydrogen-bond acceptors (Lipinski definition) is 1. The van der Waals surface area contributed by atoms with Crippen LogP contribution >= 0.6 is 0 Å². The van der Waals surface area contributed by atoms with E-state index < -0.39 is 5.41 Å². The largest absolute Gasteiger partial charge is 0.325 e. The van der Waals surface area contributed by atoms with Gasteiger partial charge in [0.05, 0.1) is 5.41 Å². The molecule has 0 aromatic heterocycles. The minimum Gasteiger partial charge on any atom is -0.325 e. The maximum absolute atomic E-state index is 11.5. The van der Waals surface area contributed by atoms with Crippen LogP contribution in [0.25, 0.3) is 0 Å². The van der Waals surface area contributed by atoms with E-state index in [0.29, 0.717) is 0 Å². The Morgan fingerprint density at radius 2 is 1.87 bits per heavy atom. The zero-order chi connectivity index (χ0) is 12.2. The summed E-state index contributed by atoms with van der Waals surface area (Å²) < 4.78 is 0. The molecule has 2 nitrogen and oxygen atoms in total. The third-order valence-electron chi connectivity index (χ3n) is 2.34. The molecule has 1 aliphatic heterocycles. The smallest absolute Gasteiger partial charge is 0.234 e. The molecule has 84 valence electrons. The number of amides is 1. The Bertz CT molecular complexity index is 321. The number of nitrogens with one attached hydrogen (secondary N) is 1. The number of allylic oxidation sites excluding steroid dienone is 2. The summed E-state index contributed by atoms with van der Waals surface area (Å²) in [6.07, 6.45) is 1.66. The fraction of sp³-hybridized carbons (Fsp3) is 0.462. The van der Waals surface area contributed by atoms with Crippen molar-refractivity contribution in [1.82, 2.24) is 5.32 Å². The summed E-state index contributed by atoms with van der Waals surface area (Å²) in [6, 6.07) is 0. The molecule has 1 heterocycles. The van der Waals surface area contributed by atoms with E-state index in [1.807, 2.05) is 34.6 Å². The Morgan fingerprint density at radius 1 is 1.40 bits per heavy atom. The Hall–Kier alpha value is -1.31. The summed E-state index contributed by atoms with van der Waals surface area (Å²) in [6.45, 7) is 17.2. The lowest BCUT2D eigenvalue weighted by Crippen LogP contribution is -2.28. The molecule has 1 N–H and O–H groups in total. The molecule has 0 radical (unpaired) electrons. The van der Waals surface area contributed by atoms with Crippen molar-refractivity contribution in [2.24, 2.45) is 5.41 Å². The van der Waals surface area contributed by atoms with Gasteiger partial charge in [0.15, 0.2) is 0 Å². The quantitative estimate of drug-likeness (QED) is 0.740. The molecular formula is C13H21NO. The molecule has 1 aliphatic rings. The van der Waals surface area contributed by atoms with E-state index >= 15 is 0 Å². The minimum atomic E-state index is -0.477. The molecule has 0 aromatic rings. The first kappa shape index (κ1) is 13.7. The van der Waals surface area contributed by atoms with Gasteiger partial charge in [-0.25, -0.2) is 0 Å². The van der Waals surface area contributed by atoms with E-state index in [-0.39, 0.29) is 5.91 Å². The summed E-state index contributed by atoms with van der Waals surface area (Å²) in [7, 11) is 0. The van der Waals surface area contributed by atoms with Gasteiger partial charge in [0.1, 0.15) is 0 Å². The van der Waals surface area contributed by atoms with Gasteiger partial charge in [0, 0.05) is 5.70 Å². The maximum Gasteiger partial charge on any atom is 0.234 e. The van der Waals surface area contributed by atoms with Crippen molar-refractivity contribution in [3.8, 4) is 0 Å². The Balaban J connectivity index is 0.000000921. The van der Waals surface area contributed by atoms with Crippen LogP contribution in [0.5, 0.6) is 0 Å². The van der Waals surface area contributed by atoms with Crippen molar-refractivity contribution in [3.63, 3.8) is 0 Å². The second-order valence-electron chi connectivity index (χ2n) is 3.85. The number of rotatable bonds is 2. The molecule has 0 unspecified atom stereocenters. The predicted molar refractivity (Wildman–Crippen MR) is 65.3 cm³/mol. The average Bonchev–Trinajstić information content (AvgIpc) is 2.40. The molecule has 15 heavy (non-hydrogen) atoms. The van der Waals surface area contributed by atoms with E-state index in [1.165, 1.54) is 0 Å². The number of hydrogen-bond donors (Lipinski definition) is 1. The lowest BCUT2D eigenvalue weighted by molar-refractivity contribution is -0.125. The van der Waals surface area contributed by atoms with Gasteiger partial charge < -0.3 is 5.32 Å². The highest BCUT2D eigenvalue weighted by Crippen LogP contribution is 2.38. The molecule has 0 spiro atoms. The van der Waals surface area contributed by atoms with Crippen LogP contribution in [0.15, 0.2) is 36.1 Å². The van der Waals surface area contributed by atoms with Crippen LogP contribution in [0.4, 0.5) is 0 Å². The third kappa shape index (κ3) is 2.38. The fourth-order valence-electron chi connectivity index (χ4n) is 1.71. The lowest BCUT2D eigenvalue weighted by atomic mass is 9.82. The Morgan fingerprint density at radius 3 is 2.13 bits per heavy atom. The van der Waals surface area contributed by atoms with Gasteiger partial charge >= 0.3 is 0 Å². The van der Waals surface area contributed by atoms with Crippen LogP contribution < -0.4 is 5.32 Å². The second-order valence-corrected chi connectivity index (χ2v) is 3.85. The maximum atomic E-state index is 11.5. The summed E-state index contributed by atoms with van der Waals surface area (Å²) >= 11 is 0. The highest BCUT2D eigenvalue weighted by Gasteiger charge is 2.39. The first-order chi connectivity index (χ1) is 6.91. The van der Waals surface area contributed by atoms with Crippen LogP contribution in [-0.2, 0) is 4.79 Å². The zero-order valence-corrected chi connectivity index (χ0v) is 10.4. The average molecular weight is 207 g/mol. The van der Waals surface area contributed by atoms with Crippen molar-refractivity contribution in [2.45, 2.75) is 34.6 Å². The summed E-state index contributed by atoms with van der Waals surface area (Å²) in [4.78, 5) is 11.5. The molecule has 0 fully saturated rings. The van der Waals surface area contributed by atoms with E-state index in [0.717, 1.165) is 16.8 Å². The molecule has 0 aromatic carbocycles. The van der Waals surface area contributed by atoms with Gasteiger partial charge in [-0.05, 0) is 32.4 Å². The van der Waals surface area contributed by atoms with E-state index in [2.05, 4.69) is 18.5 Å². The SMILES string of the molecule is C=CC1=C(C(=C)C)C(C)(C)C(=O)N1.CC. The van der Waals surface area contributed by atoms with Gasteiger partial charge in [0.2, 0.25) is 5.91 Å². The monoisotopic (exact) mass is 207 g/mol. The Labute approximate surface area is 92.8 Å². The van der Waals surface area contributed by atoms with E-state index in [1.54, 1.807) is 6.08 Å². The normalized spacial score (nSPS) is 17.8. The van der Waals surface area contributed by atoms with Gasteiger partial charge in [-0.15, -0.1) is 0 Å². The zero-order valence-electron chi connectivity index (χ0n) is 10.4. The van der Waals surface area contributed by atoms with Crippen molar-refractivity contribution < 1.29 is 4.79 Å². The molecule has 0 bridgehead atoms. The Kier molecular flexibility index (Phi) is 4.53. The molecule has 1 amide bonds. The highest BCUT2D eigenvalue weighted by atomic mass is 16.2. The summed E-state index contributed by atoms with van der Waals surface area (Å²) in [5.41, 5.74) is 2.20. The third-order valence-corrected chi connectivity index (χ3v) is 2.34. The predicted octanol–water partition coefficient (Wildman–Crippen LogP) is 3.18. The molecule has 0 aliphatic carbocycles.